The van der Waals surface area contributed by atoms with E-state index in [1.54, 1.807) is 11.4 Å². The van der Waals surface area contributed by atoms with E-state index in [0.717, 1.165) is 32.2 Å². The summed E-state index contributed by atoms with van der Waals surface area (Å²) in [6.07, 6.45) is 3.62. The van der Waals surface area contributed by atoms with Gasteiger partial charge in [-0.1, -0.05) is 0 Å². The van der Waals surface area contributed by atoms with Crippen LogP contribution < -0.4 is 15.4 Å². The third-order valence-corrected chi connectivity index (χ3v) is 8.10. The van der Waals surface area contributed by atoms with Gasteiger partial charge in [-0.05, 0) is 49.6 Å². The number of sulfonamides is 1. The quantitative estimate of drug-likeness (QED) is 0.723. The van der Waals surface area contributed by atoms with Gasteiger partial charge in [0.1, 0.15) is 5.75 Å². The summed E-state index contributed by atoms with van der Waals surface area (Å²) in [5.74, 6) is 0.560. The Kier molecular flexibility index (Phi) is 7.72. The molecule has 2 saturated heterocycles. The fourth-order valence-corrected chi connectivity index (χ4v) is 6.40. The molecule has 10 heteroatoms. The second-order valence-electron chi connectivity index (χ2n) is 6.54. The van der Waals surface area contributed by atoms with Gasteiger partial charge in [0.05, 0.1) is 13.2 Å². The maximum absolute atomic E-state index is 12.9. The van der Waals surface area contributed by atoms with Crippen LogP contribution in [0.4, 0.5) is 0 Å². The Balaban J connectivity index is 0.00000243. The molecule has 2 N–H and O–H groups in total. The molecular weight excluding hydrogens is 398 g/mol. The lowest BCUT2D eigenvalue weighted by Gasteiger charge is -2.32. The summed E-state index contributed by atoms with van der Waals surface area (Å²) in [6, 6.07) is 1.58. The van der Waals surface area contributed by atoms with Gasteiger partial charge in [-0.3, -0.25) is 4.79 Å². The topological polar surface area (TPSA) is 87.7 Å². The first-order valence-electron chi connectivity index (χ1n) is 8.65. The highest BCUT2D eigenvalue weighted by molar-refractivity contribution is 7.91. The molecule has 26 heavy (non-hydrogen) atoms. The molecule has 7 nitrogen and oxygen atoms in total. The van der Waals surface area contributed by atoms with E-state index in [0.29, 0.717) is 25.4 Å². The van der Waals surface area contributed by atoms with Crippen LogP contribution in [-0.2, 0) is 14.8 Å². The Bertz CT molecular complexity index is 704. The van der Waals surface area contributed by atoms with Crippen LogP contribution in [0.15, 0.2) is 15.7 Å². The molecule has 1 amide bonds. The van der Waals surface area contributed by atoms with Gasteiger partial charge >= 0.3 is 0 Å². The van der Waals surface area contributed by atoms with Crippen molar-refractivity contribution in [3.8, 4) is 5.75 Å². The van der Waals surface area contributed by atoms with Crippen LogP contribution in [0.1, 0.15) is 25.7 Å². The van der Waals surface area contributed by atoms with Crippen molar-refractivity contribution in [3.63, 3.8) is 0 Å². The fraction of sp³-hybridized carbons (Fsp3) is 0.688. The van der Waals surface area contributed by atoms with Crippen molar-refractivity contribution in [1.82, 2.24) is 14.9 Å². The molecule has 148 valence electrons. The lowest BCUT2D eigenvalue weighted by molar-refractivity contribution is -0.123. The number of ether oxygens (including phenoxy) is 1. The number of halogens is 1. The van der Waals surface area contributed by atoms with Crippen LogP contribution in [0.3, 0.4) is 0 Å². The van der Waals surface area contributed by atoms with E-state index in [9.17, 15) is 13.2 Å². The van der Waals surface area contributed by atoms with Gasteiger partial charge in [0.25, 0.3) is 10.0 Å². The third kappa shape index (κ3) is 4.69. The van der Waals surface area contributed by atoms with Crippen molar-refractivity contribution >= 4 is 39.7 Å². The van der Waals surface area contributed by atoms with E-state index in [1.165, 1.54) is 22.8 Å². The molecule has 1 aromatic rings. The van der Waals surface area contributed by atoms with Crippen LogP contribution >= 0.6 is 23.7 Å². The Morgan fingerprint density at radius 3 is 2.92 bits per heavy atom. The van der Waals surface area contributed by atoms with Gasteiger partial charge in [-0.15, -0.1) is 23.7 Å². The minimum Gasteiger partial charge on any atom is -0.494 e. The maximum atomic E-state index is 12.9. The average Bonchev–Trinajstić information content (AvgIpc) is 3.31. The third-order valence-electron chi connectivity index (χ3n) is 4.81. The SMILES string of the molecule is COc1ccsc1S(=O)(=O)N1CCCC(CNC(=O)C2CCCN2)C1.Cl. The van der Waals surface area contributed by atoms with Crippen molar-refractivity contribution in [1.29, 1.82) is 0 Å². The van der Waals surface area contributed by atoms with Crippen LogP contribution in [0.25, 0.3) is 0 Å². The molecule has 2 unspecified atom stereocenters. The molecule has 2 aliphatic heterocycles. The number of carbonyl (C=O) groups excluding carboxylic acids is 1. The minimum absolute atomic E-state index is 0. The first kappa shape index (κ1) is 21.4. The highest BCUT2D eigenvalue weighted by Gasteiger charge is 2.33. The summed E-state index contributed by atoms with van der Waals surface area (Å²) in [7, 11) is -2.07. The number of amides is 1. The van der Waals surface area contributed by atoms with Crippen molar-refractivity contribution in [2.24, 2.45) is 5.92 Å². The van der Waals surface area contributed by atoms with E-state index in [-0.39, 0.29) is 34.5 Å². The molecule has 0 saturated carbocycles. The summed E-state index contributed by atoms with van der Waals surface area (Å²) >= 11 is 1.18. The zero-order valence-corrected chi connectivity index (χ0v) is 17.2. The summed E-state index contributed by atoms with van der Waals surface area (Å²) in [4.78, 5) is 12.1. The van der Waals surface area contributed by atoms with Crippen molar-refractivity contribution in [3.05, 3.63) is 11.4 Å². The van der Waals surface area contributed by atoms with Gasteiger partial charge in [-0.25, -0.2) is 8.42 Å². The molecule has 1 aromatic heterocycles. The summed E-state index contributed by atoms with van der Waals surface area (Å²) in [6.45, 7) is 2.35. The van der Waals surface area contributed by atoms with Gasteiger partial charge in [-0.2, -0.15) is 4.31 Å². The Labute approximate surface area is 164 Å². The molecular formula is C16H26ClN3O4S2. The molecule has 0 spiro atoms. The zero-order chi connectivity index (χ0) is 17.9. The molecule has 0 radical (unpaired) electrons. The molecule has 3 heterocycles. The van der Waals surface area contributed by atoms with E-state index in [1.807, 2.05) is 0 Å². The second kappa shape index (κ2) is 9.36. The van der Waals surface area contributed by atoms with Gasteiger partial charge in [0.15, 0.2) is 4.21 Å². The molecule has 0 aromatic carbocycles. The number of rotatable bonds is 6. The van der Waals surface area contributed by atoms with Crippen molar-refractivity contribution in [2.75, 3.05) is 33.3 Å². The van der Waals surface area contributed by atoms with Crippen LogP contribution in [0, 0.1) is 5.92 Å². The lowest BCUT2D eigenvalue weighted by atomic mass is 9.99. The van der Waals surface area contributed by atoms with E-state index < -0.39 is 10.0 Å². The Hall–Kier alpha value is -0.870. The number of nitrogens with one attached hydrogen (secondary N) is 2. The molecule has 3 rings (SSSR count). The number of piperidine rings is 1. The van der Waals surface area contributed by atoms with Gasteiger partial charge in [0, 0.05) is 19.6 Å². The fourth-order valence-electron chi connectivity index (χ4n) is 3.43. The predicted molar refractivity (Wildman–Crippen MR) is 104 cm³/mol. The number of hydrogen-bond donors (Lipinski definition) is 2. The van der Waals surface area contributed by atoms with Crippen LogP contribution in [0.2, 0.25) is 0 Å². The number of carbonyl (C=O) groups is 1. The van der Waals surface area contributed by atoms with Crippen LogP contribution in [0.5, 0.6) is 5.75 Å². The summed E-state index contributed by atoms with van der Waals surface area (Å²) in [5.41, 5.74) is 0. The number of methoxy groups -OCH3 is 1. The largest absolute Gasteiger partial charge is 0.494 e. The highest BCUT2D eigenvalue weighted by atomic mass is 35.5. The van der Waals surface area contributed by atoms with Gasteiger partial charge < -0.3 is 15.4 Å². The molecule has 0 aliphatic carbocycles. The van der Waals surface area contributed by atoms with Crippen molar-refractivity contribution in [2.45, 2.75) is 35.9 Å². The van der Waals surface area contributed by atoms with Gasteiger partial charge in [0.2, 0.25) is 5.91 Å². The Morgan fingerprint density at radius 1 is 1.42 bits per heavy atom. The molecule has 0 bridgehead atoms. The smallest absolute Gasteiger partial charge is 0.256 e. The zero-order valence-electron chi connectivity index (χ0n) is 14.8. The monoisotopic (exact) mass is 423 g/mol. The maximum Gasteiger partial charge on any atom is 0.256 e. The summed E-state index contributed by atoms with van der Waals surface area (Å²) < 4.78 is 32.7. The number of nitrogens with zero attached hydrogens (tertiary/aromatic N) is 1. The van der Waals surface area contributed by atoms with E-state index >= 15 is 0 Å². The highest BCUT2D eigenvalue weighted by Crippen LogP contribution is 2.33. The van der Waals surface area contributed by atoms with E-state index in [4.69, 9.17) is 4.74 Å². The molecule has 2 aliphatic rings. The summed E-state index contributed by atoms with van der Waals surface area (Å²) in [5, 5.41) is 7.88. The van der Waals surface area contributed by atoms with Crippen LogP contribution in [-0.4, -0.2) is 58.0 Å². The number of hydrogen-bond acceptors (Lipinski definition) is 6. The first-order chi connectivity index (χ1) is 12.0. The second-order valence-corrected chi connectivity index (χ2v) is 9.59. The normalized spacial score (nSPS) is 24.0. The lowest BCUT2D eigenvalue weighted by Crippen LogP contribution is -2.46. The minimum atomic E-state index is -3.55. The van der Waals surface area contributed by atoms with E-state index in [2.05, 4.69) is 10.6 Å². The molecule has 2 atom stereocenters. The Morgan fingerprint density at radius 2 is 2.23 bits per heavy atom. The first-order valence-corrected chi connectivity index (χ1v) is 11.0. The van der Waals surface area contributed by atoms with Crippen molar-refractivity contribution < 1.29 is 17.9 Å². The standard InChI is InChI=1S/C16H25N3O4S2.ClH/c1-23-14-6-9-24-16(14)25(21,22)19-8-3-4-12(11-19)10-18-15(20)13-5-2-7-17-13;/h6,9,12-13,17H,2-5,7-8,10-11H2,1H3,(H,18,20);1H. The predicted octanol–water partition coefficient (Wildman–Crippen LogP) is 1.45. The number of thiophene rings is 1. The average molecular weight is 424 g/mol. The molecule has 2 fully saturated rings.